The summed E-state index contributed by atoms with van der Waals surface area (Å²) in [5, 5.41) is 8.44. The summed E-state index contributed by atoms with van der Waals surface area (Å²) in [5.74, 6) is 0.353. The first-order valence-corrected chi connectivity index (χ1v) is 6.85. The molecule has 3 rings (SSSR count). The minimum atomic E-state index is -0.245. The molecule has 1 fully saturated rings. The Bertz CT molecular complexity index is 538. The molecule has 6 heteroatoms. The van der Waals surface area contributed by atoms with E-state index in [1.54, 1.807) is 18.2 Å². The number of benzene rings is 1. The molecule has 1 aromatic carbocycles. The Morgan fingerprint density at radius 3 is 2.90 bits per heavy atom. The van der Waals surface area contributed by atoms with Crippen molar-refractivity contribution in [3.05, 3.63) is 18.2 Å². The van der Waals surface area contributed by atoms with Crippen LogP contribution in [-0.2, 0) is 4.79 Å². The zero-order chi connectivity index (χ0) is 13.9. The largest absolute Gasteiger partial charge is 0.481 e. The molecular formula is C14H17N3O3. The summed E-state index contributed by atoms with van der Waals surface area (Å²) in [5.41, 5.74) is 1.07. The number of rotatable bonds is 2. The van der Waals surface area contributed by atoms with Gasteiger partial charge in [0, 0.05) is 6.04 Å². The highest BCUT2D eigenvalue weighted by Gasteiger charge is 2.21. The average Bonchev–Trinajstić information content (AvgIpc) is 2.92. The number of hydrogen-bond acceptors (Lipinski definition) is 3. The first kappa shape index (κ1) is 12.8. The second-order valence-corrected chi connectivity index (χ2v) is 5.10. The Hall–Kier alpha value is -2.24. The predicted octanol–water partition coefficient (Wildman–Crippen LogP) is 2.08. The normalized spacial score (nSPS) is 17.9. The van der Waals surface area contributed by atoms with Crippen molar-refractivity contribution in [3.8, 4) is 5.75 Å². The van der Waals surface area contributed by atoms with Crippen molar-refractivity contribution in [2.45, 2.75) is 31.7 Å². The van der Waals surface area contributed by atoms with Crippen LogP contribution in [0.3, 0.4) is 0 Å². The molecule has 1 aliphatic heterocycles. The third-order valence-corrected chi connectivity index (χ3v) is 3.59. The summed E-state index contributed by atoms with van der Waals surface area (Å²) >= 11 is 0. The number of fused-ring (bicyclic) bond motifs is 1. The minimum Gasteiger partial charge on any atom is -0.481 e. The summed E-state index contributed by atoms with van der Waals surface area (Å²) in [6.45, 7) is 0.00469. The molecule has 1 heterocycles. The molecule has 106 valence electrons. The lowest BCUT2D eigenvalue weighted by Gasteiger charge is -2.21. The molecule has 0 bridgehead atoms. The van der Waals surface area contributed by atoms with Gasteiger partial charge in [0.05, 0.1) is 5.69 Å². The van der Waals surface area contributed by atoms with Crippen LogP contribution in [0.4, 0.5) is 16.2 Å². The zero-order valence-corrected chi connectivity index (χ0v) is 11.1. The number of carbonyl (C=O) groups excluding carboxylic acids is 2. The van der Waals surface area contributed by atoms with Gasteiger partial charge in [-0.05, 0) is 25.0 Å². The van der Waals surface area contributed by atoms with Gasteiger partial charge in [-0.1, -0.05) is 18.9 Å². The second kappa shape index (κ2) is 5.40. The maximum atomic E-state index is 12.0. The average molecular weight is 275 g/mol. The number of nitrogens with one attached hydrogen (secondary N) is 3. The highest BCUT2D eigenvalue weighted by Crippen LogP contribution is 2.34. The predicted molar refractivity (Wildman–Crippen MR) is 75.0 cm³/mol. The van der Waals surface area contributed by atoms with Crippen LogP contribution in [0.5, 0.6) is 5.75 Å². The fraction of sp³-hybridized carbons (Fsp3) is 0.429. The molecule has 1 aromatic rings. The van der Waals surface area contributed by atoms with Crippen molar-refractivity contribution in [2.75, 3.05) is 17.2 Å². The van der Waals surface area contributed by atoms with Gasteiger partial charge in [-0.25, -0.2) is 4.79 Å². The molecule has 20 heavy (non-hydrogen) atoms. The first-order valence-electron chi connectivity index (χ1n) is 6.85. The van der Waals surface area contributed by atoms with Crippen molar-refractivity contribution in [3.63, 3.8) is 0 Å². The van der Waals surface area contributed by atoms with E-state index in [0.29, 0.717) is 17.1 Å². The number of carbonyl (C=O) groups is 2. The van der Waals surface area contributed by atoms with E-state index in [0.717, 1.165) is 25.7 Å². The highest BCUT2D eigenvalue weighted by atomic mass is 16.5. The van der Waals surface area contributed by atoms with Gasteiger partial charge in [0.15, 0.2) is 6.61 Å². The van der Waals surface area contributed by atoms with Crippen molar-refractivity contribution >= 4 is 23.3 Å². The number of hydrogen-bond donors (Lipinski definition) is 3. The quantitative estimate of drug-likeness (QED) is 0.773. The van der Waals surface area contributed by atoms with E-state index in [2.05, 4.69) is 16.0 Å². The molecule has 6 nitrogen and oxygen atoms in total. The second-order valence-electron chi connectivity index (χ2n) is 5.10. The van der Waals surface area contributed by atoms with Crippen molar-refractivity contribution in [2.24, 2.45) is 0 Å². The monoisotopic (exact) mass is 275 g/mol. The third-order valence-electron chi connectivity index (χ3n) is 3.59. The van der Waals surface area contributed by atoms with E-state index >= 15 is 0 Å². The molecule has 0 unspecified atom stereocenters. The van der Waals surface area contributed by atoms with Gasteiger partial charge in [-0.15, -0.1) is 0 Å². The Labute approximate surface area is 116 Å². The van der Waals surface area contributed by atoms with E-state index in [9.17, 15) is 9.59 Å². The molecule has 0 spiro atoms. The maximum Gasteiger partial charge on any atom is 0.319 e. The third kappa shape index (κ3) is 2.68. The number of ether oxygens (including phenoxy) is 1. The maximum absolute atomic E-state index is 12.0. The van der Waals surface area contributed by atoms with E-state index in [4.69, 9.17) is 4.74 Å². The molecule has 1 saturated carbocycles. The van der Waals surface area contributed by atoms with Gasteiger partial charge < -0.3 is 20.7 Å². The lowest BCUT2D eigenvalue weighted by Crippen LogP contribution is -2.36. The van der Waals surface area contributed by atoms with E-state index in [-0.39, 0.29) is 24.6 Å². The van der Waals surface area contributed by atoms with Gasteiger partial charge in [0.2, 0.25) is 0 Å². The molecule has 0 aromatic heterocycles. The topological polar surface area (TPSA) is 79.5 Å². The molecule has 0 saturated heterocycles. The lowest BCUT2D eigenvalue weighted by atomic mass is 10.2. The van der Waals surface area contributed by atoms with Gasteiger partial charge >= 0.3 is 6.03 Å². The summed E-state index contributed by atoms with van der Waals surface area (Å²) < 4.78 is 5.31. The summed E-state index contributed by atoms with van der Waals surface area (Å²) in [7, 11) is 0. The zero-order valence-electron chi connectivity index (χ0n) is 11.1. The molecular weight excluding hydrogens is 258 g/mol. The van der Waals surface area contributed by atoms with Crippen LogP contribution in [0.1, 0.15) is 25.7 Å². The van der Waals surface area contributed by atoms with E-state index < -0.39 is 0 Å². The molecule has 3 amide bonds. The molecule has 3 N–H and O–H groups in total. The Morgan fingerprint density at radius 1 is 1.30 bits per heavy atom. The van der Waals surface area contributed by atoms with Gasteiger partial charge in [-0.2, -0.15) is 0 Å². The van der Waals surface area contributed by atoms with Gasteiger partial charge in [-0.3, -0.25) is 4.79 Å². The lowest BCUT2D eigenvalue weighted by molar-refractivity contribution is -0.118. The van der Waals surface area contributed by atoms with Crippen LogP contribution in [0, 0.1) is 0 Å². The SMILES string of the molecule is O=C1COc2cccc(NC(=O)NC3CCCC3)c2N1. The van der Waals surface area contributed by atoms with Crippen molar-refractivity contribution in [1.29, 1.82) is 0 Å². The van der Waals surface area contributed by atoms with Crippen LogP contribution in [0.2, 0.25) is 0 Å². The Balaban J connectivity index is 1.70. The number of urea groups is 1. The number of amides is 3. The molecule has 0 atom stereocenters. The smallest absolute Gasteiger partial charge is 0.319 e. The van der Waals surface area contributed by atoms with Crippen LogP contribution >= 0.6 is 0 Å². The van der Waals surface area contributed by atoms with Crippen LogP contribution in [0.15, 0.2) is 18.2 Å². The Morgan fingerprint density at radius 2 is 2.10 bits per heavy atom. The highest BCUT2D eigenvalue weighted by molar-refractivity contribution is 6.02. The summed E-state index contributed by atoms with van der Waals surface area (Å²) in [6, 6.07) is 5.28. The van der Waals surface area contributed by atoms with E-state index in [1.165, 1.54) is 0 Å². The first-order chi connectivity index (χ1) is 9.72. The fourth-order valence-electron chi connectivity index (χ4n) is 2.62. The summed E-state index contributed by atoms with van der Waals surface area (Å²) in [4.78, 5) is 23.3. The number of para-hydroxylation sites is 1. The molecule has 0 radical (unpaired) electrons. The van der Waals surface area contributed by atoms with E-state index in [1.807, 2.05) is 0 Å². The standard InChI is InChI=1S/C14H17N3O3/c18-12-8-20-11-7-3-6-10(13(11)17-12)16-14(19)15-9-4-1-2-5-9/h3,6-7,9H,1-2,4-5,8H2,(H,17,18)(H2,15,16,19). The fourth-order valence-corrected chi connectivity index (χ4v) is 2.62. The summed E-state index contributed by atoms with van der Waals surface area (Å²) in [6.07, 6.45) is 4.38. The van der Waals surface area contributed by atoms with Crippen LogP contribution in [0.25, 0.3) is 0 Å². The number of anilines is 2. The molecule has 2 aliphatic rings. The van der Waals surface area contributed by atoms with Gasteiger partial charge in [0.1, 0.15) is 11.4 Å². The van der Waals surface area contributed by atoms with Crippen LogP contribution in [-0.4, -0.2) is 24.6 Å². The molecule has 1 aliphatic carbocycles. The van der Waals surface area contributed by atoms with Crippen molar-refractivity contribution < 1.29 is 14.3 Å². The minimum absolute atomic E-state index is 0.00469. The van der Waals surface area contributed by atoms with Crippen molar-refractivity contribution in [1.82, 2.24) is 5.32 Å². The van der Waals surface area contributed by atoms with Gasteiger partial charge in [0.25, 0.3) is 5.91 Å². The van der Waals surface area contributed by atoms with Crippen LogP contribution < -0.4 is 20.7 Å². The Kier molecular flexibility index (Phi) is 3.45.